The summed E-state index contributed by atoms with van der Waals surface area (Å²) in [7, 11) is 0. The summed E-state index contributed by atoms with van der Waals surface area (Å²) in [4.78, 5) is 12.5. The third kappa shape index (κ3) is 23.1. The number of carbonyl (C=O) groups is 1. The van der Waals surface area contributed by atoms with Crippen molar-refractivity contribution in [1.82, 2.24) is 0 Å². The summed E-state index contributed by atoms with van der Waals surface area (Å²) in [6.45, 7) is 5.86. The second-order valence-electron chi connectivity index (χ2n) is 14.0. The van der Waals surface area contributed by atoms with Gasteiger partial charge in [0.25, 0.3) is 0 Å². The Morgan fingerprint density at radius 2 is 0.840 bits per heavy atom. The maximum atomic E-state index is 12.5. The lowest BCUT2D eigenvalue weighted by Crippen LogP contribution is -2.31. The number of carbonyl (C=O) groups excluding carboxylic acids is 1. The molecule has 11 nitrogen and oxygen atoms in total. The van der Waals surface area contributed by atoms with Crippen LogP contribution in [0.4, 0.5) is 0 Å². The summed E-state index contributed by atoms with van der Waals surface area (Å²) in [6, 6.07) is 0. The van der Waals surface area contributed by atoms with Gasteiger partial charge < -0.3 is 50.7 Å². The van der Waals surface area contributed by atoms with Crippen LogP contribution in [0.1, 0.15) is 91.4 Å². The highest BCUT2D eigenvalue weighted by Gasteiger charge is 2.27. The van der Waals surface area contributed by atoms with Crippen LogP contribution in [-0.2, 0) is 9.53 Å². The van der Waals surface area contributed by atoms with E-state index >= 15 is 0 Å². The largest absolute Gasteiger partial charge is 0.459 e. The first-order valence-electron chi connectivity index (χ1n) is 18.0. The molecule has 0 aromatic rings. The Balaban J connectivity index is 2.88. The predicted octanol–water partition coefficient (Wildman–Crippen LogP) is 3.08. The number of cyclic esters (lactones) is 1. The topological polar surface area (TPSA) is 208 Å². The summed E-state index contributed by atoms with van der Waals surface area (Å²) in [5, 5.41) is 93.2. The molecular formula is C39H64O11. The number of aliphatic hydroxyl groups is 9. The van der Waals surface area contributed by atoms with Gasteiger partial charge >= 0.3 is 5.97 Å². The first kappa shape index (κ1) is 45.6. The molecule has 1 heterocycles. The van der Waals surface area contributed by atoms with Crippen molar-refractivity contribution >= 4 is 5.97 Å². The van der Waals surface area contributed by atoms with Gasteiger partial charge in [0.1, 0.15) is 6.10 Å². The average molecular weight is 709 g/mol. The fraction of sp³-hybridized carbons (Fsp3) is 0.667. The van der Waals surface area contributed by atoms with Gasteiger partial charge in [0, 0.05) is 6.08 Å². The van der Waals surface area contributed by atoms with Crippen LogP contribution in [0.25, 0.3) is 0 Å². The number of ether oxygens (including phenoxy) is 1. The molecule has 50 heavy (non-hydrogen) atoms. The zero-order valence-electron chi connectivity index (χ0n) is 30.0. The average Bonchev–Trinajstić information content (AvgIpc) is 2.99. The SMILES string of the molecule is CC(C)[C@@H]1OC(=O)/C=C/C=C/C=C/C=C/C=C/C=C\C[C@H](O)C[C@H](O)C[C@H](O)C[C@H](O)C[C@@H](O)C[C@H](O)C[C@@H](O)C[C@@H](O)C[C@@H](O)CC[C@@H]1C. The van der Waals surface area contributed by atoms with Gasteiger partial charge in [0.2, 0.25) is 0 Å². The molecule has 1 rings (SSSR count). The van der Waals surface area contributed by atoms with Gasteiger partial charge in [-0.1, -0.05) is 87.6 Å². The Kier molecular flexibility index (Phi) is 24.0. The molecule has 1 aliphatic rings. The highest BCUT2D eigenvalue weighted by Crippen LogP contribution is 2.24. The van der Waals surface area contributed by atoms with Gasteiger partial charge in [0.05, 0.1) is 54.9 Å². The number of esters is 1. The molecule has 286 valence electrons. The summed E-state index contributed by atoms with van der Waals surface area (Å²) in [5.41, 5.74) is 0. The second kappa shape index (κ2) is 26.3. The molecule has 0 bridgehead atoms. The summed E-state index contributed by atoms with van der Waals surface area (Å²) in [6.07, 6.45) is 11.9. The highest BCUT2D eigenvalue weighted by molar-refractivity contribution is 5.82. The molecule has 1 aliphatic heterocycles. The normalized spacial score (nSPS) is 39.1. The van der Waals surface area contributed by atoms with E-state index in [1.54, 1.807) is 42.5 Å². The highest BCUT2D eigenvalue weighted by atomic mass is 16.5. The van der Waals surface area contributed by atoms with E-state index in [-0.39, 0.29) is 69.3 Å². The van der Waals surface area contributed by atoms with Gasteiger partial charge in [-0.2, -0.15) is 0 Å². The summed E-state index contributed by atoms with van der Waals surface area (Å²) < 4.78 is 5.71. The molecule has 0 aromatic carbocycles. The molecule has 9 N–H and O–H groups in total. The smallest absolute Gasteiger partial charge is 0.331 e. The van der Waals surface area contributed by atoms with Crippen LogP contribution in [0, 0.1) is 11.8 Å². The molecule has 0 saturated heterocycles. The van der Waals surface area contributed by atoms with E-state index in [0.29, 0.717) is 19.3 Å². The van der Waals surface area contributed by atoms with Crippen LogP contribution < -0.4 is 0 Å². The Labute approximate surface area is 298 Å². The van der Waals surface area contributed by atoms with Crippen LogP contribution in [0.2, 0.25) is 0 Å². The van der Waals surface area contributed by atoms with Crippen molar-refractivity contribution in [2.45, 2.75) is 152 Å². The number of aliphatic hydroxyl groups excluding tert-OH is 9. The minimum Gasteiger partial charge on any atom is -0.459 e. The molecule has 0 radical (unpaired) electrons. The van der Waals surface area contributed by atoms with Gasteiger partial charge in [-0.3, -0.25) is 0 Å². The number of hydrogen-bond acceptors (Lipinski definition) is 11. The monoisotopic (exact) mass is 708 g/mol. The number of allylic oxidation sites excluding steroid dienone is 10. The molecule has 0 aliphatic carbocycles. The Morgan fingerprint density at radius 1 is 0.500 bits per heavy atom. The molecule has 0 saturated carbocycles. The third-order valence-corrected chi connectivity index (χ3v) is 8.56. The van der Waals surface area contributed by atoms with Crippen molar-refractivity contribution in [2.24, 2.45) is 11.8 Å². The minimum absolute atomic E-state index is 0.0177. The van der Waals surface area contributed by atoms with E-state index in [9.17, 15) is 50.8 Å². The number of rotatable bonds is 1. The van der Waals surface area contributed by atoms with E-state index < -0.39 is 60.9 Å². The fourth-order valence-electron chi connectivity index (χ4n) is 6.06. The molecular weight excluding hydrogens is 644 g/mol. The van der Waals surface area contributed by atoms with Crippen LogP contribution >= 0.6 is 0 Å². The zero-order valence-corrected chi connectivity index (χ0v) is 30.0. The van der Waals surface area contributed by atoms with E-state index in [4.69, 9.17) is 4.74 Å². The van der Waals surface area contributed by atoms with Gasteiger partial charge in [-0.25, -0.2) is 4.79 Å². The Hall–Kier alpha value is -2.45. The lowest BCUT2D eigenvalue weighted by Gasteiger charge is -2.28. The maximum Gasteiger partial charge on any atom is 0.331 e. The van der Waals surface area contributed by atoms with Gasteiger partial charge in [-0.05, 0) is 82.5 Å². The zero-order chi connectivity index (χ0) is 37.5. The third-order valence-electron chi connectivity index (χ3n) is 8.56. The van der Waals surface area contributed by atoms with E-state index in [1.165, 1.54) is 6.08 Å². The first-order valence-corrected chi connectivity index (χ1v) is 18.0. The lowest BCUT2D eigenvalue weighted by molar-refractivity contribution is -0.148. The fourth-order valence-corrected chi connectivity index (χ4v) is 6.06. The van der Waals surface area contributed by atoms with Crippen LogP contribution in [0.3, 0.4) is 0 Å². The maximum absolute atomic E-state index is 12.5. The molecule has 0 amide bonds. The first-order chi connectivity index (χ1) is 23.7. The van der Waals surface area contributed by atoms with E-state index in [0.717, 1.165) is 0 Å². The van der Waals surface area contributed by atoms with Crippen molar-refractivity contribution in [3.05, 3.63) is 72.9 Å². The van der Waals surface area contributed by atoms with Gasteiger partial charge in [-0.15, -0.1) is 0 Å². The van der Waals surface area contributed by atoms with Crippen molar-refractivity contribution in [3.63, 3.8) is 0 Å². The van der Waals surface area contributed by atoms with E-state index in [1.807, 2.05) is 45.1 Å². The van der Waals surface area contributed by atoms with Crippen LogP contribution in [0.5, 0.6) is 0 Å². The Bertz CT molecular complexity index is 1080. The van der Waals surface area contributed by atoms with Crippen molar-refractivity contribution in [3.8, 4) is 0 Å². The van der Waals surface area contributed by atoms with Crippen LogP contribution in [0.15, 0.2) is 72.9 Å². The Morgan fingerprint density at radius 3 is 1.24 bits per heavy atom. The molecule has 0 aromatic heterocycles. The summed E-state index contributed by atoms with van der Waals surface area (Å²) in [5.74, 6) is -0.483. The minimum atomic E-state index is -1.12. The lowest BCUT2D eigenvalue weighted by atomic mass is 9.89. The number of hydrogen-bond donors (Lipinski definition) is 9. The van der Waals surface area contributed by atoms with Gasteiger partial charge in [0.15, 0.2) is 0 Å². The second-order valence-corrected chi connectivity index (χ2v) is 14.0. The summed E-state index contributed by atoms with van der Waals surface area (Å²) >= 11 is 0. The molecule has 0 spiro atoms. The van der Waals surface area contributed by atoms with Crippen molar-refractivity contribution in [2.75, 3.05) is 0 Å². The van der Waals surface area contributed by atoms with Crippen molar-refractivity contribution < 1.29 is 55.5 Å². The molecule has 11 atom stereocenters. The van der Waals surface area contributed by atoms with Crippen LogP contribution in [-0.4, -0.2) is 113 Å². The molecule has 0 unspecified atom stereocenters. The van der Waals surface area contributed by atoms with E-state index in [2.05, 4.69) is 0 Å². The quantitative estimate of drug-likeness (QED) is 0.181. The standard InChI is InChI=1S/C39H64O11/c1-27(2)39-28(3)17-18-30(41)20-32(43)22-34(45)24-36(47)26-37(48)25-35(46)23-33(44)21-31(42)19-29(40)15-13-11-9-7-5-4-6-8-10-12-14-16-38(49)50-39/h4-14,16,27-37,39-48H,15,17-26H2,1-3H3/b5-4+,8-6+,9-7+,12-10+,13-11-,16-14+/t28-,29-,30-,31-,32-,33-,34-,35-,36+,37+,39-/m0/s1. The molecule has 0 fully saturated rings. The predicted molar refractivity (Wildman–Crippen MR) is 194 cm³/mol. The van der Waals surface area contributed by atoms with Crippen molar-refractivity contribution in [1.29, 1.82) is 0 Å². The molecule has 11 heteroatoms.